The predicted molar refractivity (Wildman–Crippen MR) is 65.2 cm³/mol. The molecule has 0 radical (unpaired) electrons. The number of hydrogen-bond donors (Lipinski definition) is 1. The van der Waals surface area contributed by atoms with Gasteiger partial charge in [-0.3, -0.25) is 0 Å². The first-order valence-electron chi connectivity index (χ1n) is 5.08. The summed E-state index contributed by atoms with van der Waals surface area (Å²) < 4.78 is 1.14. The predicted octanol–water partition coefficient (Wildman–Crippen LogP) is 3.22. The maximum Gasteiger partial charge on any atom is 0.0175 e. The third kappa shape index (κ3) is 3.43. The van der Waals surface area contributed by atoms with Crippen molar-refractivity contribution in [3.05, 3.63) is 34.3 Å². The van der Waals surface area contributed by atoms with Gasteiger partial charge in [-0.15, -0.1) is 0 Å². The van der Waals surface area contributed by atoms with Gasteiger partial charge in [0.05, 0.1) is 0 Å². The highest BCUT2D eigenvalue weighted by molar-refractivity contribution is 9.10. The van der Waals surface area contributed by atoms with E-state index in [1.165, 1.54) is 5.56 Å². The monoisotopic (exact) mass is 255 g/mol. The standard InChI is InChI=1S/C12H18BrN/c1-9(10(2)8-14)7-11-3-5-12(13)6-4-11/h3-6,9-10H,7-8,14H2,1-2H3. The Morgan fingerprint density at radius 1 is 1.14 bits per heavy atom. The van der Waals surface area contributed by atoms with Gasteiger partial charge in [0.25, 0.3) is 0 Å². The molecule has 2 atom stereocenters. The summed E-state index contributed by atoms with van der Waals surface area (Å²) in [6.45, 7) is 5.25. The molecule has 0 spiro atoms. The topological polar surface area (TPSA) is 26.0 Å². The van der Waals surface area contributed by atoms with Crippen molar-refractivity contribution in [2.45, 2.75) is 20.3 Å². The third-order valence-electron chi connectivity index (χ3n) is 2.81. The smallest absolute Gasteiger partial charge is 0.0175 e. The molecule has 14 heavy (non-hydrogen) atoms. The molecular formula is C12H18BrN. The number of rotatable bonds is 4. The van der Waals surface area contributed by atoms with Gasteiger partial charge in [-0.2, -0.15) is 0 Å². The Bertz CT molecular complexity index is 268. The molecule has 1 aromatic rings. The molecule has 0 bridgehead atoms. The number of benzene rings is 1. The second kappa shape index (κ2) is 5.52. The average molecular weight is 256 g/mol. The molecule has 1 rings (SSSR count). The molecule has 2 heteroatoms. The van der Waals surface area contributed by atoms with Gasteiger partial charge in [-0.05, 0) is 42.5 Å². The minimum absolute atomic E-state index is 0.596. The van der Waals surface area contributed by atoms with Crippen molar-refractivity contribution >= 4 is 15.9 Å². The molecular weight excluding hydrogens is 238 g/mol. The molecule has 1 nitrogen and oxygen atoms in total. The fraction of sp³-hybridized carbons (Fsp3) is 0.500. The van der Waals surface area contributed by atoms with Gasteiger partial charge in [0.2, 0.25) is 0 Å². The lowest BCUT2D eigenvalue weighted by Gasteiger charge is -2.17. The van der Waals surface area contributed by atoms with Crippen molar-refractivity contribution in [1.29, 1.82) is 0 Å². The SMILES string of the molecule is CC(CN)C(C)Cc1ccc(Br)cc1. The van der Waals surface area contributed by atoms with E-state index in [-0.39, 0.29) is 0 Å². The first kappa shape index (κ1) is 11.7. The number of hydrogen-bond acceptors (Lipinski definition) is 1. The van der Waals surface area contributed by atoms with Gasteiger partial charge in [0.1, 0.15) is 0 Å². The summed E-state index contributed by atoms with van der Waals surface area (Å²) in [5.74, 6) is 1.25. The third-order valence-corrected chi connectivity index (χ3v) is 3.34. The van der Waals surface area contributed by atoms with E-state index in [1.54, 1.807) is 0 Å². The molecule has 0 aliphatic carbocycles. The van der Waals surface area contributed by atoms with Crippen LogP contribution in [0.15, 0.2) is 28.7 Å². The van der Waals surface area contributed by atoms with E-state index in [0.717, 1.165) is 17.4 Å². The van der Waals surface area contributed by atoms with Crippen LogP contribution >= 0.6 is 15.9 Å². The lowest BCUT2D eigenvalue weighted by molar-refractivity contribution is 0.394. The number of nitrogens with two attached hydrogens (primary N) is 1. The molecule has 0 saturated carbocycles. The maximum atomic E-state index is 5.64. The highest BCUT2D eigenvalue weighted by Gasteiger charge is 2.10. The van der Waals surface area contributed by atoms with E-state index in [1.807, 2.05) is 0 Å². The highest BCUT2D eigenvalue weighted by Crippen LogP contribution is 2.18. The fourth-order valence-corrected chi connectivity index (χ4v) is 1.69. The molecule has 0 saturated heterocycles. The van der Waals surface area contributed by atoms with Gasteiger partial charge < -0.3 is 5.73 Å². The summed E-state index contributed by atoms with van der Waals surface area (Å²) in [5.41, 5.74) is 7.03. The van der Waals surface area contributed by atoms with Gasteiger partial charge in [0, 0.05) is 4.47 Å². The zero-order chi connectivity index (χ0) is 10.6. The fourth-order valence-electron chi connectivity index (χ4n) is 1.43. The van der Waals surface area contributed by atoms with Crippen LogP contribution in [0.4, 0.5) is 0 Å². The molecule has 2 N–H and O–H groups in total. The summed E-state index contributed by atoms with van der Waals surface area (Å²) in [6.07, 6.45) is 1.12. The summed E-state index contributed by atoms with van der Waals surface area (Å²) in [6, 6.07) is 8.53. The van der Waals surface area contributed by atoms with Crippen LogP contribution in [0.2, 0.25) is 0 Å². The molecule has 0 aromatic heterocycles. The first-order valence-corrected chi connectivity index (χ1v) is 5.87. The van der Waals surface area contributed by atoms with E-state index < -0.39 is 0 Å². The summed E-state index contributed by atoms with van der Waals surface area (Å²) in [5, 5.41) is 0. The van der Waals surface area contributed by atoms with Gasteiger partial charge >= 0.3 is 0 Å². The molecule has 2 unspecified atom stereocenters. The van der Waals surface area contributed by atoms with Crippen LogP contribution in [0.25, 0.3) is 0 Å². The van der Waals surface area contributed by atoms with Crippen LogP contribution in [0.5, 0.6) is 0 Å². The Balaban J connectivity index is 2.56. The van der Waals surface area contributed by atoms with Crippen molar-refractivity contribution in [3.8, 4) is 0 Å². The normalized spacial score (nSPS) is 15.1. The first-order chi connectivity index (χ1) is 6.63. The van der Waals surface area contributed by atoms with Gasteiger partial charge in [-0.1, -0.05) is 41.9 Å². The quantitative estimate of drug-likeness (QED) is 0.879. The van der Waals surface area contributed by atoms with E-state index in [9.17, 15) is 0 Å². The number of halogens is 1. The van der Waals surface area contributed by atoms with E-state index in [0.29, 0.717) is 11.8 Å². The maximum absolute atomic E-state index is 5.64. The van der Waals surface area contributed by atoms with E-state index in [4.69, 9.17) is 5.73 Å². The van der Waals surface area contributed by atoms with Gasteiger partial charge in [-0.25, -0.2) is 0 Å². The van der Waals surface area contributed by atoms with E-state index >= 15 is 0 Å². The Hall–Kier alpha value is -0.340. The van der Waals surface area contributed by atoms with Crippen LogP contribution in [0, 0.1) is 11.8 Å². The summed E-state index contributed by atoms with van der Waals surface area (Å²) in [4.78, 5) is 0. The molecule has 0 aliphatic rings. The molecule has 78 valence electrons. The minimum Gasteiger partial charge on any atom is -0.330 e. The van der Waals surface area contributed by atoms with Crippen LogP contribution in [0.3, 0.4) is 0 Å². The Kier molecular flexibility index (Phi) is 4.63. The molecule has 0 amide bonds. The second-order valence-electron chi connectivity index (χ2n) is 4.02. The van der Waals surface area contributed by atoms with Crippen molar-refractivity contribution in [3.63, 3.8) is 0 Å². The zero-order valence-corrected chi connectivity index (χ0v) is 10.4. The lowest BCUT2D eigenvalue weighted by Crippen LogP contribution is -2.19. The zero-order valence-electron chi connectivity index (χ0n) is 8.83. The summed E-state index contributed by atoms with van der Waals surface area (Å²) in [7, 11) is 0. The minimum atomic E-state index is 0.596. The van der Waals surface area contributed by atoms with Crippen molar-refractivity contribution in [2.75, 3.05) is 6.54 Å². The largest absolute Gasteiger partial charge is 0.330 e. The van der Waals surface area contributed by atoms with Crippen molar-refractivity contribution in [2.24, 2.45) is 17.6 Å². The molecule has 0 aliphatic heterocycles. The summed E-state index contributed by atoms with van der Waals surface area (Å²) >= 11 is 3.43. The molecule has 0 fully saturated rings. The molecule has 1 aromatic carbocycles. The Labute approximate surface area is 94.8 Å². The van der Waals surface area contributed by atoms with E-state index in [2.05, 4.69) is 54.0 Å². The van der Waals surface area contributed by atoms with Crippen molar-refractivity contribution in [1.82, 2.24) is 0 Å². The van der Waals surface area contributed by atoms with Gasteiger partial charge in [0.15, 0.2) is 0 Å². The molecule has 0 heterocycles. The van der Waals surface area contributed by atoms with Crippen LogP contribution in [-0.2, 0) is 6.42 Å². The second-order valence-corrected chi connectivity index (χ2v) is 4.94. The van der Waals surface area contributed by atoms with Crippen LogP contribution in [0.1, 0.15) is 19.4 Å². The average Bonchev–Trinajstić information content (AvgIpc) is 2.20. The Morgan fingerprint density at radius 2 is 1.71 bits per heavy atom. The Morgan fingerprint density at radius 3 is 2.21 bits per heavy atom. The van der Waals surface area contributed by atoms with Crippen molar-refractivity contribution < 1.29 is 0 Å². The lowest BCUT2D eigenvalue weighted by atomic mass is 9.90. The van der Waals surface area contributed by atoms with Crippen LogP contribution in [-0.4, -0.2) is 6.54 Å². The van der Waals surface area contributed by atoms with Crippen LogP contribution < -0.4 is 5.73 Å². The highest BCUT2D eigenvalue weighted by atomic mass is 79.9.